The molecule has 1 atom stereocenters. The fourth-order valence-electron chi connectivity index (χ4n) is 1.90. The third-order valence-electron chi connectivity index (χ3n) is 3.22. The fourth-order valence-corrected chi connectivity index (χ4v) is 1.90. The summed E-state index contributed by atoms with van der Waals surface area (Å²) < 4.78 is 2.28. The third-order valence-corrected chi connectivity index (χ3v) is 3.22. The molecular weight excluding hydrogens is 198 g/mol. The lowest BCUT2D eigenvalue weighted by Crippen LogP contribution is -2.12. The van der Waals surface area contributed by atoms with Gasteiger partial charge in [-0.2, -0.15) is 0 Å². The summed E-state index contributed by atoms with van der Waals surface area (Å²) in [6.07, 6.45) is 9.10. The first-order valence-electron chi connectivity index (χ1n) is 6.46. The van der Waals surface area contributed by atoms with Gasteiger partial charge in [0.15, 0.2) is 0 Å². The monoisotopic (exact) mass is 221 g/mol. The van der Waals surface area contributed by atoms with Gasteiger partial charge in [-0.1, -0.05) is 13.8 Å². The molecule has 1 saturated carbocycles. The molecule has 1 aromatic rings. The molecule has 3 nitrogen and oxygen atoms in total. The van der Waals surface area contributed by atoms with Gasteiger partial charge in [-0.05, 0) is 38.5 Å². The van der Waals surface area contributed by atoms with Crippen LogP contribution >= 0.6 is 0 Å². The van der Waals surface area contributed by atoms with Gasteiger partial charge in [0.1, 0.15) is 0 Å². The minimum atomic E-state index is 0.547. The number of nitrogens with zero attached hydrogens (tertiary/aromatic N) is 2. The van der Waals surface area contributed by atoms with E-state index in [9.17, 15) is 0 Å². The van der Waals surface area contributed by atoms with Crippen molar-refractivity contribution in [2.75, 3.05) is 5.32 Å². The van der Waals surface area contributed by atoms with Crippen molar-refractivity contribution in [2.24, 2.45) is 5.92 Å². The van der Waals surface area contributed by atoms with E-state index in [-0.39, 0.29) is 0 Å². The summed E-state index contributed by atoms with van der Waals surface area (Å²) >= 11 is 0. The number of rotatable bonds is 6. The Kier molecular flexibility index (Phi) is 3.52. The number of anilines is 1. The van der Waals surface area contributed by atoms with E-state index in [2.05, 4.69) is 41.8 Å². The highest BCUT2D eigenvalue weighted by molar-refractivity contribution is 5.30. The summed E-state index contributed by atoms with van der Waals surface area (Å²) in [7, 11) is 0. The molecule has 1 aromatic heterocycles. The Morgan fingerprint density at radius 2 is 2.12 bits per heavy atom. The van der Waals surface area contributed by atoms with E-state index in [1.54, 1.807) is 0 Å². The van der Waals surface area contributed by atoms with Crippen LogP contribution in [0.25, 0.3) is 0 Å². The zero-order valence-corrected chi connectivity index (χ0v) is 10.6. The van der Waals surface area contributed by atoms with Gasteiger partial charge in [0.2, 0.25) is 5.95 Å². The van der Waals surface area contributed by atoms with Gasteiger partial charge in [0.05, 0.1) is 0 Å². The van der Waals surface area contributed by atoms with Crippen LogP contribution in [-0.4, -0.2) is 15.6 Å². The van der Waals surface area contributed by atoms with Crippen molar-refractivity contribution < 1.29 is 0 Å². The predicted octanol–water partition coefficient (Wildman–Crippen LogP) is 3.45. The molecule has 1 unspecified atom stereocenters. The first kappa shape index (κ1) is 11.5. The number of hydrogen-bond donors (Lipinski definition) is 1. The van der Waals surface area contributed by atoms with E-state index in [1.165, 1.54) is 25.7 Å². The van der Waals surface area contributed by atoms with Gasteiger partial charge in [0.25, 0.3) is 0 Å². The molecule has 0 radical (unpaired) electrons. The summed E-state index contributed by atoms with van der Waals surface area (Å²) in [5.41, 5.74) is 0. The lowest BCUT2D eigenvalue weighted by molar-refractivity contribution is 0.442. The minimum Gasteiger partial charge on any atom is -0.353 e. The van der Waals surface area contributed by atoms with Crippen LogP contribution in [0.15, 0.2) is 12.4 Å². The molecule has 1 heterocycles. The lowest BCUT2D eigenvalue weighted by atomic mass is 10.0. The molecule has 1 aliphatic carbocycles. The normalized spacial score (nSPS) is 17.8. The Hall–Kier alpha value is -0.990. The Bertz CT molecular complexity index is 326. The van der Waals surface area contributed by atoms with Crippen molar-refractivity contribution in [3.63, 3.8) is 0 Å². The zero-order chi connectivity index (χ0) is 11.5. The smallest absolute Gasteiger partial charge is 0.203 e. The van der Waals surface area contributed by atoms with Gasteiger partial charge in [-0.15, -0.1) is 0 Å². The van der Waals surface area contributed by atoms with E-state index in [4.69, 9.17) is 0 Å². The van der Waals surface area contributed by atoms with E-state index in [1.807, 2.05) is 6.20 Å². The van der Waals surface area contributed by atoms with E-state index < -0.39 is 0 Å². The Labute approximate surface area is 98.3 Å². The van der Waals surface area contributed by atoms with Gasteiger partial charge < -0.3 is 9.88 Å². The second-order valence-electron chi connectivity index (χ2n) is 5.40. The van der Waals surface area contributed by atoms with E-state index >= 15 is 0 Å². The summed E-state index contributed by atoms with van der Waals surface area (Å²) in [4.78, 5) is 4.40. The van der Waals surface area contributed by atoms with Crippen LogP contribution in [0.3, 0.4) is 0 Å². The maximum Gasteiger partial charge on any atom is 0.203 e. The molecule has 0 bridgehead atoms. The zero-order valence-electron chi connectivity index (χ0n) is 10.6. The molecule has 1 fully saturated rings. The van der Waals surface area contributed by atoms with Crippen LogP contribution in [-0.2, 0) is 0 Å². The summed E-state index contributed by atoms with van der Waals surface area (Å²) in [5.74, 6) is 1.84. The quantitative estimate of drug-likeness (QED) is 0.797. The van der Waals surface area contributed by atoms with Crippen molar-refractivity contribution in [1.29, 1.82) is 0 Å². The Morgan fingerprint density at radius 3 is 2.75 bits per heavy atom. The molecule has 1 aliphatic rings. The van der Waals surface area contributed by atoms with Crippen molar-refractivity contribution in [2.45, 2.75) is 58.5 Å². The highest BCUT2D eigenvalue weighted by atomic mass is 15.2. The number of hydrogen-bond acceptors (Lipinski definition) is 2. The summed E-state index contributed by atoms with van der Waals surface area (Å²) in [6.45, 7) is 6.84. The molecule has 0 saturated heterocycles. The Balaban J connectivity index is 1.92. The van der Waals surface area contributed by atoms with E-state index in [0.717, 1.165) is 11.9 Å². The SMILES string of the molecule is CC(C)CCC(C)n1ccnc1NC1CC1. The second kappa shape index (κ2) is 4.89. The summed E-state index contributed by atoms with van der Waals surface area (Å²) in [6, 6.07) is 1.23. The molecule has 16 heavy (non-hydrogen) atoms. The average molecular weight is 221 g/mol. The van der Waals surface area contributed by atoms with Crippen LogP contribution in [0.4, 0.5) is 5.95 Å². The van der Waals surface area contributed by atoms with Gasteiger partial charge in [0, 0.05) is 24.5 Å². The lowest BCUT2D eigenvalue weighted by Gasteiger charge is -2.17. The van der Waals surface area contributed by atoms with Crippen molar-refractivity contribution in [1.82, 2.24) is 9.55 Å². The molecule has 3 heteroatoms. The molecule has 90 valence electrons. The van der Waals surface area contributed by atoms with Crippen LogP contribution in [0, 0.1) is 5.92 Å². The second-order valence-corrected chi connectivity index (χ2v) is 5.40. The highest BCUT2D eigenvalue weighted by Crippen LogP contribution is 2.26. The van der Waals surface area contributed by atoms with Gasteiger partial charge in [-0.3, -0.25) is 0 Å². The van der Waals surface area contributed by atoms with Crippen LogP contribution in [0.2, 0.25) is 0 Å². The molecule has 2 rings (SSSR count). The molecule has 0 aliphatic heterocycles. The maximum absolute atomic E-state index is 4.40. The standard InChI is InChI=1S/C13H23N3/c1-10(2)4-5-11(3)16-9-8-14-13(16)15-12-6-7-12/h8-12H,4-7H2,1-3H3,(H,14,15). The topological polar surface area (TPSA) is 29.9 Å². The molecule has 0 spiro atoms. The highest BCUT2D eigenvalue weighted by Gasteiger charge is 2.23. The third kappa shape index (κ3) is 3.00. The molecular formula is C13H23N3. The number of nitrogens with one attached hydrogen (secondary N) is 1. The van der Waals surface area contributed by atoms with Gasteiger partial charge in [-0.25, -0.2) is 4.98 Å². The van der Waals surface area contributed by atoms with Crippen molar-refractivity contribution >= 4 is 5.95 Å². The molecule has 0 amide bonds. The molecule has 1 N–H and O–H groups in total. The molecule has 0 aromatic carbocycles. The van der Waals surface area contributed by atoms with Gasteiger partial charge >= 0.3 is 0 Å². The number of imidazole rings is 1. The Morgan fingerprint density at radius 1 is 1.38 bits per heavy atom. The largest absolute Gasteiger partial charge is 0.353 e. The number of aromatic nitrogens is 2. The maximum atomic E-state index is 4.40. The average Bonchev–Trinajstić information content (AvgIpc) is 2.91. The van der Waals surface area contributed by atoms with Crippen LogP contribution in [0.1, 0.15) is 52.5 Å². The van der Waals surface area contributed by atoms with Crippen LogP contribution < -0.4 is 5.32 Å². The first-order valence-corrected chi connectivity index (χ1v) is 6.46. The fraction of sp³-hybridized carbons (Fsp3) is 0.769. The minimum absolute atomic E-state index is 0.547. The first-order chi connectivity index (χ1) is 7.66. The van der Waals surface area contributed by atoms with Crippen molar-refractivity contribution in [3.05, 3.63) is 12.4 Å². The van der Waals surface area contributed by atoms with E-state index in [0.29, 0.717) is 12.1 Å². The predicted molar refractivity (Wildman–Crippen MR) is 67.7 cm³/mol. The van der Waals surface area contributed by atoms with Crippen LogP contribution in [0.5, 0.6) is 0 Å². The van der Waals surface area contributed by atoms with Crippen molar-refractivity contribution in [3.8, 4) is 0 Å². The summed E-state index contributed by atoms with van der Waals surface area (Å²) in [5, 5.41) is 3.48.